The van der Waals surface area contributed by atoms with Crippen LogP contribution in [0.25, 0.3) is 10.8 Å². The smallest absolute Gasteiger partial charge is 0.292 e. The number of para-hydroxylation sites is 1. The lowest BCUT2D eigenvalue weighted by atomic mass is 10.1. The Hall–Kier alpha value is -3.48. The molecule has 3 rings (SSSR count). The molecule has 0 radical (unpaired) electrons. The first-order valence-electron chi connectivity index (χ1n) is 9.62. The number of methoxy groups -OCH3 is 1. The summed E-state index contributed by atoms with van der Waals surface area (Å²) in [5.74, 6) is 0.176. The highest BCUT2D eigenvalue weighted by atomic mass is 16.5. The third-order valence-electron chi connectivity index (χ3n) is 4.56. The predicted octanol–water partition coefficient (Wildman–Crippen LogP) is 3.36. The number of carbonyl (C=O) groups is 1. The van der Waals surface area contributed by atoms with Crippen LogP contribution < -0.4 is 15.7 Å². The number of hydrazone groups is 1. The molecule has 1 heterocycles. The molecule has 29 heavy (non-hydrogen) atoms. The number of hydrogen-bond acceptors (Lipinski definition) is 5. The topological polar surface area (TPSA) is 85.6 Å². The fraction of sp³-hybridized carbons (Fsp3) is 0.273. The second kappa shape index (κ2) is 9.64. The molecule has 1 N–H and O–H groups in total. The monoisotopic (exact) mass is 392 g/mol. The molecule has 0 unspecified atom stereocenters. The molecule has 2 aromatic carbocycles. The van der Waals surface area contributed by atoms with Crippen LogP contribution in [0.2, 0.25) is 0 Å². The number of rotatable bonds is 8. The van der Waals surface area contributed by atoms with E-state index in [-0.39, 0.29) is 11.3 Å². The average molecular weight is 392 g/mol. The minimum absolute atomic E-state index is 0.175. The van der Waals surface area contributed by atoms with Crippen molar-refractivity contribution >= 4 is 22.9 Å². The highest BCUT2D eigenvalue weighted by molar-refractivity contribution is 6.05. The van der Waals surface area contributed by atoms with Gasteiger partial charge in [0.25, 0.3) is 11.5 Å². The molecule has 0 aliphatic carbocycles. The van der Waals surface area contributed by atoms with E-state index < -0.39 is 5.91 Å². The Morgan fingerprint density at radius 2 is 1.86 bits per heavy atom. The van der Waals surface area contributed by atoms with Crippen molar-refractivity contribution in [2.75, 3.05) is 7.11 Å². The molecule has 7 nitrogen and oxygen atoms in total. The Morgan fingerprint density at radius 3 is 2.62 bits per heavy atom. The van der Waals surface area contributed by atoms with Gasteiger partial charge in [0.15, 0.2) is 5.69 Å². The summed E-state index contributed by atoms with van der Waals surface area (Å²) in [6, 6.07) is 14.3. The third-order valence-corrected chi connectivity index (χ3v) is 4.56. The van der Waals surface area contributed by atoms with Crippen molar-refractivity contribution in [3.8, 4) is 5.75 Å². The Labute approximate surface area is 169 Å². The van der Waals surface area contributed by atoms with Crippen LogP contribution in [-0.2, 0) is 6.54 Å². The molecule has 0 spiro atoms. The molecule has 0 aliphatic rings. The van der Waals surface area contributed by atoms with Gasteiger partial charge in [-0.25, -0.2) is 10.1 Å². The molecule has 0 aliphatic heterocycles. The summed E-state index contributed by atoms with van der Waals surface area (Å²) in [7, 11) is 1.57. The van der Waals surface area contributed by atoms with E-state index in [4.69, 9.17) is 4.74 Å². The number of aryl methyl sites for hydroxylation is 1. The number of fused-ring (bicyclic) bond motifs is 1. The first-order valence-corrected chi connectivity index (χ1v) is 9.62. The largest absolute Gasteiger partial charge is 0.496 e. The molecule has 3 aromatic rings. The summed E-state index contributed by atoms with van der Waals surface area (Å²) >= 11 is 0. The lowest BCUT2D eigenvalue weighted by Crippen LogP contribution is -2.29. The van der Waals surface area contributed by atoms with Crippen LogP contribution in [0.15, 0.2) is 58.4 Å². The first-order chi connectivity index (χ1) is 14.2. The van der Waals surface area contributed by atoms with Gasteiger partial charge in [-0.1, -0.05) is 50.1 Å². The predicted molar refractivity (Wildman–Crippen MR) is 114 cm³/mol. The minimum atomic E-state index is -0.475. The molecular formula is C22H24N4O3. The van der Waals surface area contributed by atoms with Gasteiger partial charge in [-0.2, -0.15) is 10.2 Å². The Morgan fingerprint density at radius 1 is 1.14 bits per heavy atom. The zero-order valence-electron chi connectivity index (χ0n) is 16.6. The van der Waals surface area contributed by atoms with Crippen molar-refractivity contribution in [1.29, 1.82) is 0 Å². The number of aromatic nitrogens is 2. The molecular weight excluding hydrogens is 368 g/mol. The van der Waals surface area contributed by atoms with Crippen molar-refractivity contribution < 1.29 is 9.53 Å². The molecule has 7 heteroatoms. The van der Waals surface area contributed by atoms with Crippen LogP contribution in [0, 0.1) is 0 Å². The maximum absolute atomic E-state index is 12.8. The van der Waals surface area contributed by atoms with E-state index in [1.165, 1.54) is 10.9 Å². The van der Waals surface area contributed by atoms with Crippen LogP contribution in [0.1, 0.15) is 42.2 Å². The normalized spacial score (nSPS) is 11.1. The van der Waals surface area contributed by atoms with Gasteiger partial charge in [-0.3, -0.25) is 9.59 Å². The van der Waals surface area contributed by atoms with Crippen molar-refractivity contribution in [3.63, 3.8) is 0 Å². The SMILES string of the molecule is CCCCCn1nc(C(=O)N/N=C\c2ccccc2OC)c2ccccc2c1=O. The number of nitrogens with zero attached hydrogens (tertiary/aromatic N) is 3. The van der Waals surface area contributed by atoms with Gasteiger partial charge in [-0.15, -0.1) is 0 Å². The van der Waals surface area contributed by atoms with Gasteiger partial charge < -0.3 is 4.74 Å². The van der Waals surface area contributed by atoms with E-state index in [2.05, 4.69) is 22.5 Å². The number of hydrogen-bond donors (Lipinski definition) is 1. The fourth-order valence-electron chi connectivity index (χ4n) is 3.05. The Balaban J connectivity index is 1.89. The number of ether oxygens (including phenoxy) is 1. The molecule has 0 bridgehead atoms. The van der Waals surface area contributed by atoms with Crippen molar-refractivity contribution in [3.05, 3.63) is 70.1 Å². The summed E-state index contributed by atoms with van der Waals surface area (Å²) in [6.45, 7) is 2.57. The van der Waals surface area contributed by atoms with E-state index in [1.807, 2.05) is 24.3 Å². The van der Waals surface area contributed by atoms with E-state index in [1.54, 1.807) is 31.4 Å². The van der Waals surface area contributed by atoms with Crippen molar-refractivity contribution in [2.24, 2.45) is 5.10 Å². The van der Waals surface area contributed by atoms with Crippen LogP contribution in [0.5, 0.6) is 5.75 Å². The van der Waals surface area contributed by atoms with Gasteiger partial charge >= 0.3 is 0 Å². The van der Waals surface area contributed by atoms with Crippen LogP contribution >= 0.6 is 0 Å². The summed E-state index contributed by atoms with van der Waals surface area (Å²) < 4.78 is 6.64. The van der Waals surface area contributed by atoms with E-state index in [9.17, 15) is 9.59 Å². The second-order valence-electron chi connectivity index (χ2n) is 6.57. The highest BCUT2D eigenvalue weighted by Crippen LogP contribution is 2.15. The summed E-state index contributed by atoms with van der Waals surface area (Å²) in [4.78, 5) is 25.5. The minimum Gasteiger partial charge on any atom is -0.496 e. The lowest BCUT2D eigenvalue weighted by molar-refractivity contribution is 0.0949. The van der Waals surface area contributed by atoms with Crippen LogP contribution in [0.3, 0.4) is 0 Å². The lowest BCUT2D eigenvalue weighted by Gasteiger charge is -2.10. The number of carbonyl (C=O) groups excluding carboxylic acids is 1. The molecule has 1 amide bonds. The van der Waals surface area contributed by atoms with E-state index in [0.717, 1.165) is 24.8 Å². The maximum atomic E-state index is 12.8. The van der Waals surface area contributed by atoms with Crippen molar-refractivity contribution in [2.45, 2.75) is 32.7 Å². The molecule has 1 aromatic heterocycles. The highest BCUT2D eigenvalue weighted by Gasteiger charge is 2.16. The standard InChI is InChI=1S/C22H24N4O3/c1-3-4-9-14-26-22(28)18-12-7-6-11-17(18)20(25-26)21(27)24-23-15-16-10-5-8-13-19(16)29-2/h5-8,10-13,15H,3-4,9,14H2,1-2H3,(H,24,27)/b23-15-. The van der Waals surface area contributed by atoms with Crippen LogP contribution in [-0.4, -0.2) is 29.0 Å². The summed E-state index contributed by atoms with van der Waals surface area (Å²) in [6.07, 6.45) is 4.37. The molecule has 0 atom stereocenters. The van der Waals surface area contributed by atoms with E-state index >= 15 is 0 Å². The molecule has 0 saturated carbocycles. The van der Waals surface area contributed by atoms with Crippen molar-refractivity contribution in [1.82, 2.24) is 15.2 Å². The second-order valence-corrected chi connectivity index (χ2v) is 6.57. The third kappa shape index (κ3) is 4.68. The molecule has 0 saturated heterocycles. The Bertz CT molecular complexity index is 1090. The Kier molecular flexibility index (Phi) is 6.73. The molecule has 150 valence electrons. The van der Waals surface area contributed by atoms with Gasteiger partial charge in [0.1, 0.15) is 5.75 Å². The van der Waals surface area contributed by atoms with Gasteiger partial charge in [0.05, 0.1) is 18.7 Å². The van der Waals surface area contributed by atoms with Crippen LogP contribution in [0.4, 0.5) is 0 Å². The number of nitrogens with one attached hydrogen (secondary N) is 1. The first kappa shape index (κ1) is 20.3. The number of unbranched alkanes of at least 4 members (excludes halogenated alkanes) is 2. The average Bonchev–Trinajstić information content (AvgIpc) is 2.75. The van der Waals surface area contributed by atoms with Gasteiger partial charge in [0.2, 0.25) is 0 Å². The zero-order valence-corrected chi connectivity index (χ0v) is 16.6. The van der Waals surface area contributed by atoms with E-state index in [0.29, 0.717) is 23.1 Å². The summed E-state index contributed by atoms with van der Waals surface area (Å²) in [5.41, 5.74) is 3.22. The fourth-order valence-corrected chi connectivity index (χ4v) is 3.05. The van der Waals surface area contributed by atoms with Gasteiger partial charge in [-0.05, 0) is 24.6 Å². The quantitative estimate of drug-likeness (QED) is 0.362. The molecule has 0 fully saturated rings. The van der Waals surface area contributed by atoms with Gasteiger partial charge in [0, 0.05) is 17.5 Å². The zero-order chi connectivity index (χ0) is 20.6. The summed E-state index contributed by atoms with van der Waals surface area (Å²) in [5, 5.41) is 9.33. The maximum Gasteiger partial charge on any atom is 0.292 e. The number of benzene rings is 2. The number of amides is 1.